The second-order valence-electron chi connectivity index (χ2n) is 4.25. The molecule has 5 nitrogen and oxygen atoms in total. The number of aryl methyl sites for hydroxylation is 1. The Morgan fingerprint density at radius 3 is 2.74 bits per heavy atom. The lowest BCUT2D eigenvalue weighted by molar-refractivity contribution is 0.0695. The van der Waals surface area contributed by atoms with Crippen LogP contribution in [0.15, 0.2) is 29.2 Å². The van der Waals surface area contributed by atoms with Crippen LogP contribution in [-0.4, -0.2) is 22.8 Å². The van der Waals surface area contributed by atoms with Gasteiger partial charge in [-0.15, -0.1) is 0 Å². The van der Waals surface area contributed by atoms with Crippen molar-refractivity contribution in [3.8, 4) is 5.75 Å². The van der Waals surface area contributed by atoms with Crippen molar-refractivity contribution in [2.24, 2.45) is 0 Å². The Morgan fingerprint density at radius 1 is 1.42 bits per heavy atom. The van der Waals surface area contributed by atoms with Gasteiger partial charge >= 0.3 is 5.97 Å². The van der Waals surface area contributed by atoms with E-state index >= 15 is 0 Å². The largest absolute Gasteiger partial charge is 0.497 e. The molecule has 0 radical (unpaired) electrons. The van der Waals surface area contributed by atoms with E-state index in [0.29, 0.717) is 23.2 Å². The number of benzene rings is 1. The number of ether oxygens (including phenoxy) is 1. The van der Waals surface area contributed by atoms with Gasteiger partial charge in [-0.05, 0) is 18.6 Å². The number of aromatic nitrogens is 1. The van der Waals surface area contributed by atoms with Crippen LogP contribution in [0.4, 0.5) is 0 Å². The molecule has 0 aliphatic carbocycles. The minimum atomic E-state index is -1.20. The number of aromatic carboxylic acids is 1. The maximum absolute atomic E-state index is 12.1. The Hall–Kier alpha value is -2.30. The van der Waals surface area contributed by atoms with Gasteiger partial charge in [0, 0.05) is 24.2 Å². The lowest BCUT2D eigenvalue weighted by Gasteiger charge is -2.12. The molecule has 2 rings (SSSR count). The summed E-state index contributed by atoms with van der Waals surface area (Å²) >= 11 is 0. The van der Waals surface area contributed by atoms with Gasteiger partial charge in [0.25, 0.3) is 0 Å². The molecule has 0 unspecified atom stereocenters. The lowest BCUT2D eigenvalue weighted by atomic mass is 10.1. The molecule has 1 aromatic heterocycles. The molecule has 0 saturated heterocycles. The van der Waals surface area contributed by atoms with E-state index in [1.54, 1.807) is 29.9 Å². The molecule has 0 aliphatic rings. The summed E-state index contributed by atoms with van der Waals surface area (Å²) in [5.74, 6) is -0.563. The fourth-order valence-corrected chi connectivity index (χ4v) is 2.08. The van der Waals surface area contributed by atoms with Gasteiger partial charge in [0.1, 0.15) is 11.3 Å². The first-order valence-electron chi connectivity index (χ1n) is 6.03. The Kier molecular flexibility index (Phi) is 3.55. The smallest absolute Gasteiger partial charge is 0.341 e. The van der Waals surface area contributed by atoms with E-state index in [2.05, 4.69) is 0 Å². The summed E-state index contributed by atoms with van der Waals surface area (Å²) in [4.78, 5) is 23.2. The number of carboxylic acids is 1. The predicted molar refractivity (Wildman–Crippen MR) is 72.0 cm³/mol. The number of pyridine rings is 1. The Morgan fingerprint density at radius 2 is 2.16 bits per heavy atom. The first-order valence-corrected chi connectivity index (χ1v) is 6.03. The van der Waals surface area contributed by atoms with Gasteiger partial charge in [-0.25, -0.2) is 4.79 Å². The van der Waals surface area contributed by atoms with Gasteiger partial charge < -0.3 is 14.4 Å². The quantitative estimate of drug-likeness (QED) is 0.915. The van der Waals surface area contributed by atoms with Crippen molar-refractivity contribution in [3.05, 3.63) is 40.2 Å². The highest BCUT2D eigenvalue weighted by atomic mass is 16.5. The zero-order chi connectivity index (χ0) is 14.0. The molecule has 0 fully saturated rings. The number of fused-ring (bicyclic) bond motifs is 1. The second kappa shape index (κ2) is 5.14. The molecule has 1 heterocycles. The number of nitrogens with zero attached hydrogens (tertiary/aromatic N) is 1. The highest BCUT2D eigenvalue weighted by molar-refractivity contribution is 5.92. The highest BCUT2D eigenvalue weighted by Gasteiger charge is 2.14. The second-order valence-corrected chi connectivity index (χ2v) is 4.25. The third-order valence-corrected chi connectivity index (χ3v) is 2.98. The maximum Gasteiger partial charge on any atom is 0.341 e. The minimum Gasteiger partial charge on any atom is -0.497 e. The molecule has 1 aromatic carbocycles. The Labute approximate surface area is 110 Å². The lowest BCUT2D eigenvalue weighted by Crippen LogP contribution is -2.19. The van der Waals surface area contributed by atoms with E-state index in [0.717, 1.165) is 6.42 Å². The fourth-order valence-electron chi connectivity index (χ4n) is 2.08. The summed E-state index contributed by atoms with van der Waals surface area (Å²) in [5, 5.41) is 9.48. The van der Waals surface area contributed by atoms with Crippen molar-refractivity contribution in [3.63, 3.8) is 0 Å². The standard InChI is InChI=1S/C14H15NO4/c1-3-6-15-8-11(14(17)18)13(16)10-5-4-9(19-2)7-12(10)15/h4-5,7-8H,3,6H2,1-2H3,(H,17,18). The Balaban J connectivity index is 2.83. The molecule has 0 aliphatic heterocycles. The van der Waals surface area contributed by atoms with Crippen molar-refractivity contribution in [1.82, 2.24) is 4.57 Å². The molecule has 0 bridgehead atoms. The van der Waals surface area contributed by atoms with Crippen molar-refractivity contribution < 1.29 is 14.6 Å². The zero-order valence-electron chi connectivity index (χ0n) is 10.8. The maximum atomic E-state index is 12.1. The van der Waals surface area contributed by atoms with Crippen LogP contribution < -0.4 is 10.2 Å². The fraction of sp³-hybridized carbons (Fsp3) is 0.286. The molecular weight excluding hydrogens is 246 g/mol. The van der Waals surface area contributed by atoms with Gasteiger partial charge in [0.15, 0.2) is 0 Å². The number of carbonyl (C=O) groups is 1. The zero-order valence-corrected chi connectivity index (χ0v) is 10.8. The number of rotatable bonds is 4. The summed E-state index contributed by atoms with van der Waals surface area (Å²) in [6.45, 7) is 2.63. The summed E-state index contributed by atoms with van der Waals surface area (Å²) in [6.07, 6.45) is 2.24. The molecule has 0 amide bonds. The molecular formula is C14H15NO4. The number of hydrogen-bond acceptors (Lipinski definition) is 3. The SMILES string of the molecule is CCCn1cc(C(=O)O)c(=O)c2ccc(OC)cc21. The Bertz CT molecular complexity index is 688. The van der Waals surface area contributed by atoms with E-state index in [4.69, 9.17) is 9.84 Å². The topological polar surface area (TPSA) is 68.5 Å². The van der Waals surface area contributed by atoms with Crippen molar-refractivity contribution in [2.45, 2.75) is 19.9 Å². The van der Waals surface area contributed by atoms with Crippen molar-refractivity contribution >= 4 is 16.9 Å². The van der Waals surface area contributed by atoms with Crippen LogP contribution in [0, 0.1) is 0 Å². The van der Waals surface area contributed by atoms with Gasteiger partial charge in [-0.3, -0.25) is 4.79 Å². The molecule has 0 spiro atoms. The molecule has 0 atom stereocenters. The molecule has 5 heteroatoms. The van der Waals surface area contributed by atoms with Gasteiger partial charge in [-0.2, -0.15) is 0 Å². The predicted octanol–water partition coefficient (Wildman–Crippen LogP) is 2.12. The average Bonchev–Trinajstić information content (AvgIpc) is 2.41. The van der Waals surface area contributed by atoms with Gasteiger partial charge in [0.2, 0.25) is 5.43 Å². The molecule has 2 aromatic rings. The third-order valence-electron chi connectivity index (χ3n) is 2.98. The van der Waals surface area contributed by atoms with E-state index in [1.807, 2.05) is 6.92 Å². The molecule has 100 valence electrons. The van der Waals surface area contributed by atoms with E-state index < -0.39 is 11.4 Å². The van der Waals surface area contributed by atoms with Crippen molar-refractivity contribution in [2.75, 3.05) is 7.11 Å². The van der Waals surface area contributed by atoms with E-state index in [1.165, 1.54) is 6.20 Å². The van der Waals surface area contributed by atoms with Crippen LogP contribution >= 0.6 is 0 Å². The van der Waals surface area contributed by atoms with E-state index in [-0.39, 0.29) is 5.56 Å². The van der Waals surface area contributed by atoms with Crippen molar-refractivity contribution in [1.29, 1.82) is 0 Å². The summed E-state index contributed by atoms with van der Waals surface area (Å²) < 4.78 is 6.92. The third kappa shape index (κ3) is 2.31. The number of hydrogen-bond donors (Lipinski definition) is 1. The molecule has 1 N–H and O–H groups in total. The molecule has 19 heavy (non-hydrogen) atoms. The summed E-state index contributed by atoms with van der Waals surface area (Å²) in [5.41, 5.74) is 0.0276. The first-order chi connectivity index (χ1) is 9.08. The summed E-state index contributed by atoms with van der Waals surface area (Å²) in [7, 11) is 1.55. The average molecular weight is 261 g/mol. The van der Waals surface area contributed by atoms with E-state index in [9.17, 15) is 9.59 Å². The number of methoxy groups -OCH3 is 1. The highest BCUT2D eigenvalue weighted by Crippen LogP contribution is 2.19. The minimum absolute atomic E-state index is 0.203. The first kappa shape index (κ1) is 13.1. The number of carboxylic acid groups (broad SMARTS) is 1. The van der Waals surface area contributed by atoms with Gasteiger partial charge in [0.05, 0.1) is 12.6 Å². The normalized spacial score (nSPS) is 10.6. The monoisotopic (exact) mass is 261 g/mol. The molecule has 0 saturated carbocycles. The van der Waals surface area contributed by atoms with Crippen LogP contribution in [-0.2, 0) is 6.54 Å². The van der Waals surface area contributed by atoms with Gasteiger partial charge in [-0.1, -0.05) is 6.92 Å². The van der Waals surface area contributed by atoms with Crippen LogP contribution in [0.25, 0.3) is 10.9 Å². The van der Waals surface area contributed by atoms with Crippen LogP contribution in [0.5, 0.6) is 5.75 Å². The van der Waals surface area contributed by atoms with Crippen LogP contribution in [0.2, 0.25) is 0 Å². The summed E-state index contributed by atoms with van der Waals surface area (Å²) in [6, 6.07) is 5.01. The van der Waals surface area contributed by atoms with Crippen LogP contribution in [0.1, 0.15) is 23.7 Å². The van der Waals surface area contributed by atoms with Crippen LogP contribution in [0.3, 0.4) is 0 Å².